The van der Waals surface area contributed by atoms with E-state index in [4.69, 9.17) is 31.3 Å². The van der Waals surface area contributed by atoms with E-state index in [9.17, 15) is 5.11 Å². The highest BCUT2D eigenvalue weighted by Gasteiger charge is 2.26. The van der Waals surface area contributed by atoms with Crippen LogP contribution in [-0.2, 0) is 6.54 Å². The van der Waals surface area contributed by atoms with Crippen molar-refractivity contribution in [1.82, 2.24) is 10.1 Å². The Morgan fingerprint density at radius 3 is 2.90 bits per heavy atom. The lowest BCUT2D eigenvalue weighted by Crippen LogP contribution is -1.98. The lowest BCUT2D eigenvalue weighted by atomic mass is 10.1. The van der Waals surface area contributed by atoms with Crippen LogP contribution in [-0.4, -0.2) is 28.5 Å². The molecule has 2 heterocycles. The maximum absolute atomic E-state index is 10.2. The first kappa shape index (κ1) is 13.0. The standard InChI is InChI=1S/C12H12ClN3O4/c13-6-4-7-11(19-3-1-2-18-7)9(10(6)17)12-15-8(5-14)20-16-12/h4,17H,1-3,5,14H2. The molecule has 0 bridgehead atoms. The van der Waals surface area contributed by atoms with Crippen molar-refractivity contribution in [3.8, 4) is 28.6 Å². The van der Waals surface area contributed by atoms with E-state index in [1.807, 2.05) is 0 Å². The molecule has 0 atom stereocenters. The predicted octanol–water partition coefficient (Wildman–Crippen LogP) is 1.72. The third kappa shape index (κ3) is 2.14. The van der Waals surface area contributed by atoms with Crippen molar-refractivity contribution in [2.45, 2.75) is 13.0 Å². The zero-order valence-electron chi connectivity index (χ0n) is 10.4. The zero-order chi connectivity index (χ0) is 14.1. The Balaban J connectivity index is 2.19. The Labute approximate surface area is 119 Å². The third-order valence-corrected chi connectivity index (χ3v) is 3.12. The Morgan fingerprint density at radius 2 is 2.15 bits per heavy atom. The molecule has 0 unspecified atom stereocenters. The van der Waals surface area contributed by atoms with Crippen molar-refractivity contribution in [3.63, 3.8) is 0 Å². The molecule has 20 heavy (non-hydrogen) atoms. The van der Waals surface area contributed by atoms with Crippen molar-refractivity contribution in [2.75, 3.05) is 13.2 Å². The number of halogens is 1. The van der Waals surface area contributed by atoms with Gasteiger partial charge >= 0.3 is 0 Å². The van der Waals surface area contributed by atoms with Gasteiger partial charge in [0, 0.05) is 12.5 Å². The molecule has 0 spiro atoms. The summed E-state index contributed by atoms with van der Waals surface area (Å²) in [6.07, 6.45) is 0.729. The van der Waals surface area contributed by atoms with Crippen LogP contribution in [0.4, 0.5) is 0 Å². The molecular weight excluding hydrogens is 286 g/mol. The Kier molecular flexibility index (Phi) is 3.37. The quantitative estimate of drug-likeness (QED) is 0.869. The SMILES string of the molecule is NCc1nc(-c2c(O)c(Cl)cc3c2OCCCO3)no1. The summed E-state index contributed by atoms with van der Waals surface area (Å²) in [6, 6.07) is 1.50. The monoisotopic (exact) mass is 297 g/mol. The van der Waals surface area contributed by atoms with E-state index in [2.05, 4.69) is 10.1 Å². The first-order valence-electron chi connectivity index (χ1n) is 6.04. The van der Waals surface area contributed by atoms with Gasteiger partial charge in [-0.1, -0.05) is 16.8 Å². The van der Waals surface area contributed by atoms with E-state index >= 15 is 0 Å². The summed E-state index contributed by atoms with van der Waals surface area (Å²) >= 11 is 6.00. The van der Waals surface area contributed by atoms with Gasteiger partial charge in [0.05, 0.1) is 24.8 Å². The van der Waals surface area contributed by atoms with Crippen LogP contribution in [0, 0.1) is 0 Å². The zero-order valence-corrected chi connectivity index (χ0v) is 11.2. The minimum atomic E-state index is -0.180. The van der Waals surface area contributed by atoms with Crippen molar-refractivity contribution in [2.24, 2.45) is 5.73 Å². The van der Waals surface area contributed by atoms with E-state index in [0.717, 1.165) is 6.42 Å². The maximum atomic E-state index is 10.2. The minimum absolute atomic E-state index is 0.105. The fraction of sp³-hybridized carbons (Fsp3) is 0.333. The number of nitrogens with zero attached hydrogens (tertiary/aromatic N) is 2. The number of aromatic nitrogens is 2. The second-order valence-electron chi connectivity index (χ2n) is 4.18. The number of hydrogen-bond acceptors (Lipinski definition) is 7. The molecule has 1 aromatic heterocycles. The molecule has 1 aromatic carbocycles. The number of aromatic hydroxyl groups is 1. The summed E-state index contributed by atoms with van der Waals surface area (Å²) < 4.78 is 16.1. The molecule has 2 aromatic rings. The van der Waals surface area contributed by atoms with Crippen molar-refractivity contribution < 1.29 is 19.1 Å². The highest BCUT2D eigenvalue weighted by atomic mass is 35.5. The lowest BCUT2D eigenvalue weighted by Gasteiger charge is -2.13. The number of nitrogens with two attached hydrogens (primary N) is 1. The number of phenolic OH excluding ortho intramolecular Hbond substituents is 1. The molecule has 3 N–H and O–H groups in total. The average Bonchev–Trinajstić information content (AvgIpc) is 2.80. The van der Waals surface area contributed by atoms with Crippen LogP contribution in [0.15, 0.2) is 10.6 Å². The van der Waals surface area contributed by atoms with Crippen LogP contribution in [0.1, 0.15) is 12.3 Å². The highest BCUT2D eigenvalue weighted by molar-refractivity contribution is 6.32. The molecule has 1 aliphatic heterocycles. The van der Waals surface area contributed by atoms with Crippen molar-refractivity contribution in [1.29, 1.82) is 0 Å². The van der Waals surface area contributed by atoms with Gasteiger partial charge in [-0.3, -0.25) is 0 Å². The van der Waals surface area contributed by atoms with Gasteiger partial charge < -0.3 is 24.8 Å². The van der Waals surface area contributed by atoms with Crippen LogP contribution >= 0.6 is 11.6 Å². The van der Waals surface area contributed by atoms with Gasteiger partial charge in [-0.15, -0.1) is 0 Å². The normalized spacial score (nSPS) is 14.1. The van der Waals surface area contributed by atoms with Crippen molar-refractivity contribution in [3.05, 3.63) is 17.0 Å². The maximum Gasteiger partial charge on any atom is 0.240 e. The number of ether oxygens (including phenoxy) is 2. The Bertz CT molecular complexity index is 644. The van der Waals surface area contributed by atoms with Gasteiger partial charge in [0.25, 0.3) is 0 Å². The van der Waals surface area contributed by atoms with Gasteiger partial charge in [-0.05, 0) is 0 Å². The second-order valence-corrected chi connectivity index (χ2v) is 4.58. The van der Waals surface area contributed by atoms with Crippen LogP contribution in [0.2, 0.25) is 5.02 Å². The van der Waals surface area contributed by atoms with Gasteiger partial charge in [-0.2, -0.15) is 4.98 Å². The third-order valence-electron chi connectivity index (χ3n) is 2.83. The number of rotatable bonds is 2. The molecule has 106 valence electrons. The first-order valence-corrected chi connectivity index (χ1v) is 6.42. The van der Waals surface area contributed by atoms with Gasteiger partial charge in [0.1, 0.15) is 11.3 Å². The Morgan fingerprint density at radius 1 is 1.35 bits per heavy atom. The molecule has 3 rings (SSSR count). The molecular formula is C12H12ClN3O4. The largest absolute Gasteiger partial charge is 0.505 e. The smallest absolute Gasteiger partial charge is 0.240 e. The number of fused-ring (bicyclic) bond motifs is 1. The van der Waals surface area contributed by atoms with E-state index in [1.165, 1.54) is 6.07 Å². The van der Waals surface area contributed by atoms with Crippen LogP contribution in [0.3, 0.4) is 0 Å². The summed E-state index contributed by atoms with van der Waals surface area (Å²) in [4.78, 5) is 4.08. The fourth-order valence-electron chi connectivity index (χ4n) is 1.91. The molecule has 7 nitrogen and oxygen atoms in total. The molecule has 0 fully saturated rings. The first-order chi connectivity index (χ1) is 9.70. The van der Waals surface area contributed by atoms with E-state index in [0.29, 0.717) is 24.7 Å². The molecule has 8 heteroatoms. The van der Waals surface area contributed by atoms with Crippen molar-refractivity contribution >= 4 is 11.6 Å². The Hall–Kier alpha value is -1.99. The topological polar surface area (TPSA) is 104 Å². The van der Waals surface area contributed by atoms with E-state index < -0.39 is 0 Å². The number of phenols is 1. The molecule has 0 aliphatic carbocycles. The summed E-state index contributed by atoms with van der Waals surface area (Å²) in [5, 5.41) is 14.1. The van der Waals surface area contributed by atoms with Gasteiger partial charge in [0.2, 0.25) is 11.7 Å². The summed E-state index contributed by atoms with van der Waals surface area (Å²) in [5.41, 5.74) is 5.68. The van der Waals surface area contributed by atoms with Crippen LogP contribution in [0.25, 0.3) is 11.4 Å². The molecule has 0 amide bonds. The summed E-state index contributed by atoms with van der Waals surface area (Å²) in [5.74, 6) is 1.03. The van der Waals surface area contributed by atoms with E-state index in [-0.39, 0.29) is 34.6 Å². The minimum Gasteiger partial charge on any atom is -0.505 e. The summed E-state index contributed by atoms with van der Waals surface area (Å²) in [7, 11) is 0. The molecule has 0 saturated carbocycles. The highest BCUT2D eigenvalue weighted by Crippen LogP contribution is 2.47. The lowest BCUT2D eigenvalue weighted by molar-refractivity contribution is 0.297. The molecule has 1 aliphatic rings. The molecule has 0 radical (unpaired) electrons. The second kappa shape index (κ2) is 5.18. The fourth-order valence-corrected chi connectivity index (χ4v) is 2.11. The van der Waals surface area contributed by atoms with Gasteiger partial charge in [0.15, 0.2) is 11.5 Å². The summed E-state index contributed by atoms with van der Waals surface area (Å²) in [6.45, 7) is 1.07. The number of benzene rings is 1. The number of hydrogen-bond donors (Lipinski definition) is 2. The average molecular weight is 298 g/mol. The van der Waals surface area contributed by atoms with Crippen LogP contribution in [0.5, 0.6) is 17.2 Å². The molecule has 0 saturated heterocycles. The van der Waals surface area contributed by atoms with Crippen LogP contribution < -0.4 is 15.2 Å². The van der Waals surface area contributed by atoms with Gasteiger partial charge in [-0.25, -0.2) is 0 Å². The predicted molar refractivity (Wildman–Crippen MR) is 69.9 cm³/mol. The van der Waals surface area contributed by atoms with E-state index in [1.54, 1.807) is 0 Å².